The van der Waals surface area contributed by atoms with E-state index in [9.17, 15) is 4.79 Å². The van der Waals surface area contributed by atoms with Crippen molar-refractivity contribution in [1.82, 2.24) is 0 Å². The molecule has 0 aliphatic rings. The summed E-state index contributed by atoms with van der Waals surface area (Å²) >= 11 is 0. The lowest BCUT2D eigenvalue weighted by Gasteiger charge is -2.14. The quantitative estimate of drug-likeness (QED) is 0.584. The standard InChI is InChI=1S/C13H18O4/c1-5-9(2)13(14)17-11-8-6-7-10(15-3)12(11)16-4/h6-9H,5H2,1-4H3. The summed E-state index contributed by atoms with van der Waals surface area (Å²) in [6, 6.07) is 5.18. The number of para-hydroxylation sites is 1. The maximum atomic E-state index is 11.7. The van der Waals surface area contributed by atoms with E-state index in [1.54, 1.807) is 18.2 Å². The minimum absolute atomic E-state index is 0.133. The molecule has 0 aromatic heterocycles. The smallest absolute Gasteiger partial charge is 0.314 e. The van der Waals surface area contributed by atoms with Gasteiger partial charge in [-0.15, -0.1) is 0 Å². The molecule has 0 N–H and O–H groups in total. The van der Waals surface area contributed by atoms with Crippen molar-refractivity contribution in [3.8, 4) is 17.2 Å². The number of benzene rings is 1. The van der Waals surface area contributed by atoms with Gasteiger partial charge in [0, 0.05) is 0 Å². The monoisotopic (exact) mass is 238 g/mol. The summed E-state index contributed by atoms with van der Waals surface area (Å²) in [6.45, 7) is 3.77. The lowest BCUT2D eigenvalue weighted by atomic mass is 10.1. The lowest BCUT2D eigenvalue weighted by molar-refractivity contribution is -0.138. The van der Waals surface area contributed by atoms with E-state index in [4.69, 9.17) is 14.2 Å². The third kappa shape index (κ3) is 3.12. The van der Waals surface area contributed by atoms with Crippen molar-refractivity contribution >= 4 is 5.97 Å². The Hall–Kier alpha value is -1.71. The van der Waals surface area contributed by atoms with Crippen LogP contribution in [0.2, 0.25) is 0 Å². The van der Waals surface area contributed by atoms with Crippen molar-refractivity contribution in [1.29, 1.82) is 0 Å². The first kappa shape index (κ1) is 13.4. The largest absolute Gasteiger partial charge is 0.493 e. The molecule has 0 amide bonds. The summed E-state index contributed by atoms with van der Waals surface area (Å²) < 4.78 is 15.6. The Morgan fingerprint density at radius 2 is 1.88 bits per heavy atom. The molecule has 4 nitrogen and oxygen atoms in total. The second-order valence-electron chi connectivity index (χ2n) is 3.72. The first-order valence-corrected chi connectivity index (χ1v) is 5.56. The Balaban J connectivity index is 2.94. The second-order valence-corrected chi connectivity index (χ2v) is 3.72. The van der Waals surface area contributed by atoms with Gasteiger partial charge in [0.1, 0.15) is 0 Å². The van der Waals surface area contributed by atoms with E-state index < -0.39 is 0 Å². The SMILES string of the molecule is CCC(C)C(=O)Oc1cccc(OC)c1OC. The van der Waals surface area contributed by atoms with E-state index in [0.717, 1.165) is 6.42 Å². The van der Waals surface area contributed by atoms with Gasteiger partial charge in [-0.2, -0.15) is 0 Å². The maximum Gasteiger partial charge on any atom is 0.314 e. The fourth-order valence-electron chi connectivity index (χ4n) is 1.31. The molecule has 0 spiro atoms. The number of ether oxygens (including phenoxy) is 3. The zero-order chi connectivity index (χ0) is 12.8. The van der Waals surface area contributed by atoms with E-state index in [0.29, 0.717) is 17.2 Å². The first-order chi connectivity index (χ1) is 8.13. The molecular formula is C13H18O4. The molecule has 0 saturated heterocycles. The molecule has 0 fully saturated rings. The molecule has 4 heteroatoms. The Bertz CT molecular complexity index is 387. The van der Waals surface area contributed by atoms with Crippen LogP contribution in [0.3, 0.4) is 0 Å². The number of rotatable bonds is 5. The fraction of sp³-hybridized carbons (Fsp3) is 0.462. The number of carbonyl (C=O) groups is 1. The highest BCUT2D eigenvalue weighted by Gasteiger charge is 2.17. The van der Waals surface area contributed by atoms with E-state index in [-0.39, 0.29) is 11.9 Å². The van der Waals surface area contributed by atoms with Crippen molar-refractivity contribution < 1.29 is 19.0 Å². The van der Waals surface area contributed by atoms with Crippen LogP contribution in [0.5, 0.6) is 17.2 Å². The Kier molecular flexibility index (Phi) is 4.82. The Labute approximate surface area is 101 Å². The number of esters is 1. The molecule has 0 heterocycles. The summed E-state index contributed by atoms with van der Waals surface area (Å²) in [5, 5.41) is 0. The Morgan fingerprint density at radius 3 is 2.41 bits per heavy atom. The van der Waals surface area contributed by atoms with Gasteiger partial charge in [-0.05, 0) is 18.6 Å². The molecule has 0 aliphatic heterocycles. The van der Waals surface area contributed by atoms with Crippen molar-refractivity contribution in [2.24, 2.45) is 5.92 Å². The zero-order valence-corrected chi connectivity index (χ0v) is 10.6. The minimum Gasteiger partial charge on any atom is -0.493 e. The molecule has 1 atom stereocenters. The third-order valence-corrected chi connectivity index (χ3v) is 2.59. The van der Waals surface area contributed by atoms with Gasteiger partial charge in [0.2, 0.25) is 5.75 Å². The van der Waals surface area contributed by atoms with Gasteiger partial charge in [0.15, 0.2) is 11.5 Å². The zero-order valence-electron chi connectivity index (χ0n) is 10.6. The highest BCUT2D eigenvalue weighted by Crippen LogP contribution is 2.36. The van der Waals surface area contributed by atoms with Crippen molar-refractivity contribution in [2.75, 3.05) is 14.2 Å². The van der Waals surface area contributed by atoms with Gasteiger partial charge >= 0.3 is 5.97 Å². The van der Waals surface area contributed by atoms with Crippen LogP contribution in [0.25, 0.3) is 0 Å². The van der Waals surface area contributed by atoms with Crippen molar-refractivity contribution in [3.63, 3.8) is 0 Å². The summed E-state index contributed by atoms with van der Waals surface area (Å²) in [6.07, 6.45) is 0.741. The average molecular weight is 238 g/mol. The predicted molar refractivity (Wildman–Crippen MR) is 64.6 cm³/mol. The number of hydrogen-bond donors (Lipinski definition) is 0. The van der Waals surface area contributed by atoms with Crippen LogP contribution in [0, 0.1) is 5.92 Å². The second kappa shape index (κ2) is 6.13. The highest BCUT2D eigenvalue weighted by atomic mass is 16.6. The van der Waals surface area contributed by atoms with Crippen LogP contribution in [0.4, 0.5) is 0 Å². The van der Waals surface area contributed by atoms with Gasteiger partial charge in [0.25, 0.3) is 0 Å². The van der Waals surface area contributed by atoms with Gasteiger partial charge in [0.05, 0.1) is 20.1 Å². The van der Waals surface area contributed by atoms with Crippen LogP contribution >= 0.6 is 0 Å². The highest BCUT2D eigenvalue weighted by molar-refractivity contribution is 5.76. The molecule has 0 aliphatic carbocycles. The molecule has 94 valence electrons. The van der Waals surface area contributed by atoms with Crippen LogP contribution in [0.1, 0.15) is 20.3 Å². The normalized spacial score (nSPS) is 11.8. The molecule has 1 unspecified atom stereocenters. The summed E-state index contributed by atoms with van der Waals surface area (Å²) in [7, 11) is 3.05. The topological polar surface area (TPSA) is 44.8 Å². The van der Waals surface area contributed by atoms with E-state index in [2.05, 4.69) is 0 Å². The van der Waals surface area contributed by atoms with Crippen LogP contribution < -0.4 is 14.2 Å². The van der Waals surface area contributed by atoms with E-state index in [1.165, 1.54) is 14.2 Å². The Morgan fingerprint density at radius 1 is 1.24 bits per heavy atom. The molecule has 1 aromatic rings. The van der Waals surface area contributed by atoms with Crippen LogP contribution in [0.15, 0.2) is 18.2 Å². The third-order valence-electron chi connectivity index (χ3n) is 2.59. The maximum absolute atomic E-state index is 11.7. The van der Waals surface area contributed by atoms with Gasteiger partial charge in [-0.3, -0.25) is 4.79 Å². The van der Waals surface area contributed by atoms with Crippen molar-refractivity contribution in [3.05, 3.63) is 18.2 Å². The van der Waals surface area contributed by atoms with Gasteiger partial charge in [-0.25, -0.2) is 0 Å². The summed E-state index contributed by atoms with van der Waals surface area (Å²) in [4.78, 5) is 11.7. The summed E-state index contributed by atoms with van der Waals surface area (Å²) in [5.41, 5.74) is 0. The lowest BCUT2D eigenvalue weighted by Crippen LogP contribution is -2.17. The molecule has 1 aromatic carbocycles. The minimum atomic E-state index is -0.265. The molecule has 17 heavy (non-hydrogen) atoms. The number of methoxy groups -OCH3 is 2. The van der Waals surface area contributed by atoms with E-state index in [1.807, 2.05) is 13.8 Å². The van der Waals surface area contributed by atoms with Crippen LogP contribution in [-0.2, 0) is 4.79 Å². The molecule has 0 bridgehead atoms. The van der Waals surface area contributed by atoms with Crippen LogP contribution in [-0.4, -0.2) is 20.2 Å². The van der Waals surface area contributed by atoms with Crippen molar-refractivity contribution in [2.45, 2.75) is 20.3 Å². The predicted octanol–water partition coefficient (Wildman–Crippen LogP) is 2.66. The average Bonchev–Trinajstić information content (AvgIpc) is 2.37. The number of carbonyl (C=O) groups excluding carboxylic acids is 1. The van der Waals surface area contributed by atoms with Gasteiger partial charge in [-0.1, -0.05) is 19.9 Å². The molecular weight excluding hydrogens is 220 g/mol. The fourth-order valence-corrected chi connectivity index (χ4v) is 1.31. The van der Waals surface area contributed by atoms with E-state index >= 15 is 0 Å². The summed E-state index contributed by atoms with van der Waals surface area (Å²) in [5.74, 6) is 0.968. The molecule has 0 saturated carbocycles. The van der Waals surface area contributed by atoms with Gasteiger partial charge < -0.3 is 14.2 Å². The molecule has 0 radical (unpaired) electrons. The number of hydrogen-bond acceptors (Lipinski definition) is 4. The first-order valence-electron chi connectivity index (χ1n) is 5.56. The molecule has 1 rings (SSSR count).